The number of benzene rings is 1. The lowest BCUT2D eigenvalue weighted by Crippen LogP contribution is -2.19. The van der Waals surface area contributed by atoms with Crippen LogP contribution in [0.1, 0.15) is 17.3 Å². The predicted molar refractivity (Wildman–Crippen MR) is 81.9 cm³/mol. The molecule has 2 heterocycles. The molecule has 20 heavy (non-hydrogen) atoms. The molecule has 1 aromatic carbocycles. The van der Waals surface area contributed by atoms with Gasteiger partial charge in [0.15, 0.2) is 0 Å². The van der Waals surface area contributed by atoms with E-state index in [4.69, 9.17) is 11.6 Å². The molecule has 0 fully saturated rings. The Kier molecular flexibility index (Phi) is 3.63. The first-order valence-electron chi connectivity index (χ1n) is 6.42. The maximum absolute atomic E-state index is 6.28. The number of aromatic nitrogens is 2. The number of rotatable bonds is 3. The molecule has 0 bridgehead atoms. The SMILES string of the molecule is CNC(c1ncccc1Cl)c1cccc2ncccc12. The molecular weight excluding hydrogens is 270 g/mol. The van der Waals surface area contributed by atoms with Crippen molar-refractivity contribution in [2.45, 2.75) is 6.04 Å². The van der Waals surface area contributed by atoms with Crippen LogP contribution in [0.25, 0.3) is 10.9 Å². The molecule has 2 aromatic heterocycles. The summed E-state index contributed by atoms with van der Waals surface area (Å²) < 4.78 is 0. The van der Waals surface area contributed by atoms with E-state index in [1.807, 2.05) is 37.4 Å². The fourth-order valence-electron chi connectivity index (χ4n) is 2.43. The van der Waals surface area contributed by atoms with E-state index in [0.717, 1.165) is 22.2 Å². The summed E-state index contributed by atoms with van der Waals surface area (Å²) in [4.78, 5) is 8.81. The van der Waals surface area contributed by atoms with Crippen LogP contribution < -0.4 is 5.32 Å². The molecule has 0 saturated carbocycles. The van der Waals surface area contributed by atoms with Gasteiger partial charge in [-0.05, 0) is 36.9 Å². The molecule has 0 radical (unpaired) electrons. The van der Waals surface area contributed by atoms with Gasteiger partial charge in [0.25, 0.3) is 0 Å². The van der Waals surface area contributed by atoms with E-state index in [1.165, 1.54) is 0 Å². The second-order valence-corrected chi connectivity index (χ2v) is 4.92. The van der Waals surface area contributed by atoms with Crippen LogP contribution in [-0.4, -0.2) is 17.0 Å². The summed E-state index contributed by atoms with van der Waals surface area (Å²) >= 11 is 6.28. The molecule has 3 rings (SSSR count). The molecule has 100 valence electrons. The molecule has 3 nitrogen and oxygen atoms in total. The summed E-state index contributed by atoms with van der Waals surface area (Å²) in [6.45, 7) is 0. The number of hydrogen-bond acceptors (Lipinski definition) is 3. The van der Waals surface area contributed by atoms with Crippen molar-refractivity contribution < 1.29 is 0 Å². The number of pyridine rings is 2. The van der Waals surface area contributed by atoms with E-state index < -0.39 is 0 Å². The van der Waals surface area contributed by atoms with Gasteiger partial charge in [0.1, 0.15) is 0 Å². The first-order chi connectivity index (χ1) is 9.81. The highest BCUT2D eigenvalue weighted by Crippen LogP contribution is 2.30. The van der Waals surface area contributed by atoms with Crippen molar-refractivity contribution >= 4 is 22.5 Å². The van der Waals surface area contributed by atoms with Crippen LogP contribution in [0.4, 0.5) is 0 Å². The van der Waals surface area contributed by atoms with Crippen LogP contribution in [0.5, 0.6) is 0 Å². The van der Waals surface area contributed by atoms with Crippen molar-refractivity contribution in [1.82, 2.24) is 15.3 Å². The minimum absolute atomic E-state index is 0.0587. The topological polar surface area (TPSA) is 37.8 Å². The highest BCUT2D eigenvalue weighted by molar-refractivity contribution is 6.31. The summed E-state index contributed by atoms with van der Waals surface area (Å²) in [5.74, 6) is 0. The lowest BCUT2D eigenvalue weighted by atomic mass is 9.98. The van der Waals surface area contributed by atoms with E-state index in [2.05, 4.69) is 27.4 Å². The predicted octanol–water partition coefficient (Wildman–Crippen LogP) is 3.59. The third kappa shape index (κ3) is 2.26. The Labute approximate surface area is 122 Å². The van der Waals surface area contributed by atoms with Crippen molar-refractivity contribution in [3.05, 3.63) is 71.1 Å². The van der Waals surface area contributed by atoms with Crippen LogP contribution in [-0.2, 0) is 0 Å². The van der Waals surface area contributed by atoms with Crippen LogP contribution in [0.2, 0.25) is 5.02 Å². The summed E-state index contributed by atoms with van der Waals surface area (Å²) in [7, 11) is 1.91. The van der Waals surface area contributed by atoms with E-state index >= 15 is 0 Å². The molecule has 0 saturated heterocycles. The fourth-order valence-corrected chi connectivity index (χ4v) is 2.66. The lowest BCUT2D eigenvalue weighted by molar-refractivity contribution is 0.676. The van der Waals surface area contributed by atoms with Gasteiger partial charge in [0, 0.05) is 17.8 Å². The quantitative estimate of drug-likeness (QED) is 0.798. The molecular formula is C16H14ClN3. The first-order valence-corrected chi connectivity index (χ1v) is 6.80. The van der Waals surface area contributed by atoms with Crippen molar-refractivity contribution in [3.8, 4) is 0 Å². The standard InChI is InChI=1S/C16H14ClN3/c1-18-15(16-13(17)7-4-10-20-16)12-5-2-8-14-11(12)6-3-9-19-14/h2-10,15,18H,1H3. The van der Waals surface area contributed by atoms with E-state index in [1.54, 1.807) is 12.4 Å². The minimum atomic E-state index is -0.0587. The molecule has 1 unspecified atom stereocenters. The van der Waals surface area contributed by atoms with Gasteiger partial charge in [-0.1, -0.05) is 29.8 Å². The Hall–Kier alpha value is -1.97. The van der Waals surface area contributed by atoms with Crippen LogP contribution in [0.3, 0.4) is 0 Å². The number of nitrogens with one attached hydrogen (secondary N) is 1. The van der Waals surface area contributed by atoms with E-state index in [-0.39, 0.29) is 6.04 Å². The molecule has 0 aliphatic rings. The van der Waals surface area contributed by atoms with Crippen molar-refractivity contribution in [3.63, 3.8) is 0 Å². The number of halogens is 1. The largest absolute Gasteiger partial charge is 0.308 e. The van der Waals surface area contributed by atoms with Gasteiger partial charge >= 0.3 is 0 Å². The van der Waals surface area contributed by atoms with Crippen molar-refractivity contribution in [1.29, 1.82) is 0 Å². The zero-order valence-corrected chi connectivity index (χ0v) is 11.8. The summed E-state index contributed by atoms with van der Waals surface area (Å²) in [6.07, 6.45) is 3.56. The average molecular weight is 284 g/mol. The minimum Gasteiger partial charge on any atom is -0.308 e. The number of fused-ring (bicyclic) bond motifs is 1. The maximum Gasteiger partial charge on any atom is 0.0804 e. The highest BCUT2D eigenvalue weighted by Gasteiger charge is 2.18. The molecule has 3 aromatic rings. The number of hydrogen-bond donors (Lipinski definition) is 1. The molecule has 0 aliphatic carbocycles. The molecule has 1 atom stereocenters. The summed E-state index contributed by atoms with van der Waals surface area (Å²) in [5, 5.41) is 5.06. The molecule has 0 amide bonds. The van der Waals surface area contributed by atoms with Gasteiger partial charge in [0.05, 0.1) is 22.3 Å². The van der Waals surface area contributed by atoms with Gasteiger partial charge in [-0.25, -0.2) is 0 Å². The van der Waals surface area contributed by atoms with Gasteiger partial charge < -0.3 is 5.32 Å². The van der Waals surface area contributed by atoms with Crippen LogP contribution in [0, 0.1) is 0 Å². The summed E-state index contributed by atoms with van der Waals surface area (Å²) in [5.41, 5.74) is 2.92. The molecule has 0 aliphatic heterocycles. The Morgan fingerprint density at radius 2 is 1.80 bits per heavy atom. The van der Waals surface area contributed by atoms with Gasteiger partial charge in [-0.3, -0.25) is 9.97 Å². The normalized spacial score (nSPS) is 12.5. The van der Waals surface area contributed by atoms with E-state index in [9.17, 15) is 0 Å². The van der Waals surface area contributed by atoms with Crippen molar-refractivity contribution in [2.24, 2.45) is 0 Å². The molecule has 1 N–H and O–H groups in total. The highest BCUT2D eigenvalue weighted by atomic mass is 35.5. The van der Waals surface area contributed by atoms with Crippen molar-refractivity contribution in [2.75, 3.05) is 7.05 Å². The van der Waals surface area contributed by atoms with Crippen LogP contribution in [0.15, 0.2) is 54.9 Å². The maximum atomic E-state index is 6.28. The van der Waals surface area contributed by atoms with Gasteiger partial charge in [-0.2, -0.15) is 0 Å². The second-order valence-electron chi connectivity index (χ2n) is 4.51. The molecule has 4 heteroatoms. The zero-order chi connectivity index (χ0) is 13.9. The average Bonchev–Trinajstić information content (AvgIpc) is 2.50. The monoisotopic (exact) mass is 283 g/mol. The third-order valence-corrected chi connectivity index (χ3v) is 3.66. The third-order valence-electron chi connectivity index (χ3n) is 3.34. The van der Waals surface area contributed by atoms with Gasteiger partial charge in [-0.15, -0.1) is 0 Å². The summed E-state index contributed by atoms with van der Waals surface area (Å²) in [6, 6.07) is 13.7. The van der Waals surface area contributed by atoms with E-state index in [0.29, 0.717) is 5.02 Å². The molecule has 0 spiro atoms. The van der Waals surface area contributed by atoms with Gasteiger partial charge in [0.2, 0.25) is 0 Å². The Balaban J connectivity index is 2.20. The Bertz CT molecular complexity index is 737. The zero-order valence-electron chi connectivity index (χ0n) is 11.0. The fraction of sp³-hybridized carbons (Fsp3) is 0.125. The lowest BCUT2D eigenvalue weighted by Gasteiger charge is -2.19. The number of nitrogens with zero attached hydrogens (tertiary/aromatic N) is 2. The Morgan fingerprint density at radius 1 is 1.00 bits per heavy atom. The second kappa shape index (κ2) is 5.57. The Morgan fingerprint density at radius 3 is 2.60 bits per heavy atom. The smallest absolute Gasteiger partial charge is 0.0804 e. The van der Waals surface area contributed by atoms with Crippen LogP contribution >= 0.6 is 11.6 Å². The first kappa shape index (κ1) is 13.0.